The normalized spacial score (nSPS) is 10.6. The molecule has 118 valence electrons. The quantitative estimate of drug-likeness (QED) is 0.782. The third kappa shape index (κ3) is 3.01. The zero-order valence-electron chi connectivity index (χ0n) is 12.8. The Morgan fingerprint density at radius 3 is 2.65 bits per heavy atom. The highest BCUT2D eigenvalue weighted by molar-refractivity contribution is 5.89. The number of nitrogens with zero attached hydrogens (tertiary/aromatic N) is 2. The molecular weight excluding hydrogens is 297 g/mol. The summed E-state index contributed by atoms with van der Waals surface area (Å²) in [5, 5.41) is 3.85. The molecule has 1 N–H and O–H groups in total. The van der Waals surface area contributed by atoms with E-state index in [1.54, 1.807) is 26.4 Å². The van der Waals surface area contributed by atoms with Crippen molar-refractivity contribution in [3.8, 4) is 11.5 Å². The second kappa shape index (κ2) is 6.48. The number of nitrogens with one attached hydrogen (secondary N) is 1. The molecule has 0 saturated heterocycles. The lowest BCUT2D eigenvalue weighted by molar-refractivity contribution is 0.354. The summed E-state index contributed by atoms with van der Waals surface area (Å²) >= 11 is 0. The van der Waals surface area contributed by atoms with Crippen LogP contribution in [0.4, 0.5) is 10.2 Å². The minimum atomic E-state index is -0.362. The molecule has 23 heavy (non-hydrogen) atoms. The molecule has 0 spiro atoms. The number of methoxy groups -OCH3 is 2. The summed E-state index contributed by atoms with van der Waals surface area (Å²) in [7, 11) is 3.19. The van der Waals surface area contributed by atoms with Crippen molar-refractivity contribution < 1.29 is 13.9 Å². The fourth-order valence-electron chi connectivity index (χ4n) is 2.37. The monoisotopic (exact) mass is 313 g/mol. The third-order valence-electron chi connectivity index (χ3n) is 3.52. The van der Waals surface area contributed by atoms with Crippen LogP contribution >= 0.6 is 0 Å². The number of halogens is 1. The summed E-state index contributed by atoms with van der Waals surface area (Å²) in [6.45, 7) is 0.517. The fraction of sp³-hybridized carbons (Fsp3) is 0.176. The van der Waals surface area contributed by atoms with Crippen molar-refractivity contribution in [1.82, 2.24) is 9.97 Å². The summed E-state index contributed by atoms with van der Waals surface area (Å²) in [4.78, 5) is 8.18. The highest BCUT2D eigenvalue weighted by Crippen LogP contribution is 2.28. The zero-order valence-corrected chi connectivity index (χ0v) is 12.8. The number of aromatic nitrogens is 2. The number of hydrogen-bond donors (Lipinski definition) is 1. The molecule has 0 unspecified atom stereocenters. The van der Waals surface area contributed by atoms with Gasteiger partial charge >= 0.3 is 0 Å². The summed E-state index contributed by atoms with van der Waals surface area (Å²) in [6, 6.07) is 10.5. The van der Waals surface area contributed by atoms with Crippen LogP contribution in [0.1, 0.15) is 5.56 Å². The third-order valence-corrected chi connectivity index (χ3v) is 3.52. The first-order valence-corrected chi connectivity index (χ1v) is 7.07. The van der Waals surface area contributed by atoms with Gasteiger partial charge < -0.3 is 14.8 Å². The SMILES string of the molecule is COc1ccc(CNc2ncnc3c(F)cccc23)cc1OC. The number of rotatable bonds is 5. The molecule has 3 rings (SSSR count). The molecule has 5 nitrogen and oxygen atoms in total. The number of benzene rings is 2. The van der Waals surface area contributed by atoms with E-state index in [-0.39, 0.29) is 5.82 Å². The lowest BCUT2D eigenvalue weighted by Gasteiger charge is -2.11. The van der Waals surface area contributed by atoms with Crippen LogP contribution in [0.25, 0.3) is 10.9 Å². The van der Waals surface area contributed by atoms with E-state index in [4.69, 9.17) is 9.47 Å². The molecule has 3 aromatic rings. The van der Waals surface area contributed by atoms with Gasteiger partial charge in [0.2, 0.25) is 0 Å². The van der Waals surface area contributed by atoms with E-state index in [9.17, 15) is 4.39 Å². The van der Waals surface area contributed by atoms with Gasteiger partial charge in [0.1, 0.15) is 23.5 Å². The van der Waals surface area contributed by atoms with Gasteiger partial charge in [0.25, 0.3) is 0 Å². The van der Waals surface area contributed by atoms with Gasteiger partial charge in [0.15, 0.2) is 11.5 Å². The van der Waals surface area contributed by atoms with E-state index >= 15 is 0 Å². The molecule has 6 heteroatoms. The Labute approximate surface area is 133 Å². The van der Waals surface area contributed by atoms with Gasteiger partial charge in [-0.1, -0.05) is 12.1 Å². The van der Waals surface area contributed by atoms with Gasteiger partial charge in [-0.15, -0.1) is 0 Å². The number of para-hydroxylation sites is 1. The van der Waals surface area contributed by atoms with Crippen LogP contribution in [0.5, 0.6) is 11.5 Å². The van der Waals surface area contributed by atoms with Crippen molar-refractivity contribution in [2.75, 3.05) is 19.5 Å². The number of hydrogen-bond acceptors (Lipinski definition) is 5. The van der Waals surface area contributed by atoms with Crippen molar-refractivity contribution in [3.05, 3.63) is 54.1 Å². The first-order valence-electron chi connectivity index (χ1n) is 7.07. The second-order valence-electron chi connectivity index (χ2n) is 4.90. The zero-order chi connectivity index (χ0) is 16.2. The molecule has 0 aliphatic rings. The first kappa shape index (κ1) is 15.0. The predicted octanol–water partition coefficient (Wildman–Crippen LogP) is 3.40. The van der Waals surface area contributed by atoms with Crippen LogP contribution in [0, 0.1) is 5.82 Å². The molecular formula is C17H16FN3O2. The molecule has 0 bridgehead atoms. The standard InChI is InChI=1S/C17H16FN3O2/c1-22-14-7-6-11(8-15(14)23-2)9-19-17-12-4-3-5-13(18)16(12)20-10-21-17/h3-8,10H,9H2,1-2H3,(H,19,20,21). The minimum Gasteiger partial charge on any atom is -0.493 e. The summed E-state index contributed by atoms with van der Waals surface area (Å²) < 4.78 is 24.3. The molecule has 0 radical (unpaired) electrons. The highest BCUT2D eigenvalue weighted by atomic mass is 19.1. The number of ether oxygens (including phenoxy) is 2. The van der Waals surface area contributed by atoms with Crippen molar-refractivity contribution in [2.24, 2.45) is 0 Å². The van der Waals surface area contributed by atoms with Gasteiger partial charge in [-0.3, -0.25) is 0 Å². The van der Waals surface area contributed by atoms with Gasteiger partial charge in [-0.05, 0) is 29.8 Å². The van der Waals surface area contributed by atoms with Gasteiger partial charge in [0.05, 0.1) is 14.2 Å². The van der Waals surface area contributed by atoms with Crippen LogP contribution in [-0.4, -0.2) is 24.2 Å². The van der Waals surface area contributed by atoms with E-state index in [0.717, 1.165) is 5.56 Å². The van der Waals surface area contributed by atoms with Crippen LogP contribution in [0.2, 0.25) is 0 Å². The Morgan fingerprint density at radius 1 is 1.04 bits per heavy atom. The lowest BCUT2D eigenvalue weighted by atomic mass is 10.2. The molecule has 0 atom stereocenters. The average Bonchev–Trinajstić information content (AvgIpc) is 2.60. The Hall–Kier alpha value is -2.89. The fourth-order valence-corrected chi connectivity index (χ4v) is 2.37. The first-order chi connectivity index (χ1) is 11.2. The number of fused-ring (bicyclic) bond motifs is 1. The van der Waals surface area contributed by atoms with E-state index in [1.165, 1.54) is 12.4 Å². The van der Waals surface area contributed by atoms with E-state index in [0.29, 0.717) is 34.8 Å². The second-order valence-corrected chi connectivity index (χ2v) is 4.90. The molecule has 0 aliphatic heterocycles. The molecule has 0 aliphatic carbocycles. The van der Waals surface area contributed by atoms with E-state index in [2.05, 4.69) is 15.3 Å². The Morgan fingerprint density at radius 2 is 1.87 bits per heavy atom. The van der Waals surface area contributed by atoms with Gasteiger partial charge in [-0.2, -0.15) is 0 Å². The molecule has 1 aromatic heterocycles. The van der Waals surface area contributed by atoms with Crippen LogP contribution in [0.3, 0.4) is 0 Å². The van der Waals surface area contributed by atoms with Crippen LogP contribution in [-0.2, 0) is 6.54 Å². The van der Waals surface area contributed by atoms with Gasteiger partial charge in [0, 0.05) is 11.9 Å². The van der Waals surface area contributed by atoms with Crippen molar-refractivity contribution >= 4 is 16.7 Å². The van der Waals surface area contributed by atoms with Crippen molar-refractivity contribution in [2.45, 2.75) is 6.54 Å². The maximum atomic E-state index is 13.8. The predicted molar refractivity (Wildman–Crippen MR) is 86.4 cm³/mol. The van der Waals surface area contributed by atoms with Crippen molar-refractivity contribution in [3.63, 3.8) is 0 Å². The molecule has 0 fully saturated rings. The largest absolute Gasteiger partial charge is 0.493 e. The molecule has 0 amide bonds. The summed E-state index contributed by atoms with van der Waals surface area (Å²) in [6.07, 6.45) is 1.35. The Kier molecular flexibility index (Phi) is 4.23. The molecule has 2 aromatic carbocycles. The van der Waals surface area contributed by atoms with E-state index in [1.807, 2.05) is 18.2 Å². The highest BCUT2D eigenvalue weighted by Gasteiger charge is 2.08. The van der Waals surface area contributed by atoms with E-state index < -0.39 is 0 Å². The maximum Gasteiger partial charge on any atom is 0.161 e. The molecule has 1 heterocycles. The topological polar surface area (TPSA) is 56.3 Å². The minimum absolute atomic E-state index is 0.303. The maximum absolute atomic E-state index is 13.8. The van der Waals surface area contributed by atoms with Crippen molar-refractivity contribution in [1.29, 1.82) is 0 Å². The summed E-state index contributed by atoms with van der Waals surface area (Å²) in [5.41, 5.74) is 1.29. The number of anilines is 1. The summed E-state index contributed by atoms with van der Waals surface area (Å²) in [5.74, 6) is 1.56. The van der Waals surface area contributed by atoms with Crippen LogP contribution in [0.15, 0.2) is 42.7 Å². The Balaban J connectivity index is 1.85. The van der Waals surface area contributed by atoms with Gasteiger partial charge in [-0.25, -0.2) is 14.4 Å². The average molecular weight is 313 g/mol. The van der Waals surface area contributed by atoms with Crippen LogP contribution < -0.4 is 14.8 Å². The molecule has 0 saturated carbocycles. The Bertz CT molecular complexity index is 839. The lowest BCUT2D eigenvalue weighted by Crippen LogP contribution is -2.03. The smallest absolute Gasteiger partial charge is 0.161 e.